The Kier molecular flexibility index (Phi) is 5.95. The molecule has 4 aromatic rings. The van der Waals surface area contributed by atoms with E-state index in [2.05, 4.69) is 20.0 Å². The van der Waals surface area contributed by atoms with Gasteiger partial charge >= 0.3 is 6.18 Å². The number of aryl methyl sites for hydroxylation is 3. The van der Waals surface area contributed by atoms with Gasteiger partial charge in [0.25, 0.3) is 5.91 Å². The van der Waals surface area contributed by atoms with E-state index in [0.29, 0.717) is 5.69 Å². The first-order valence-corrected chi connectivity index (χ1v) is 11.5. The van der Waals surface area contributed by atoms with Crippen LogP contribution in [0.5, 0.6) is 0 Å². The first kappa shape index (κ1) is 23.5. The number of alkyl halides is 3. The van der Waals surface area contributed by atoms with E-state index >= 15 is 0 Å². The van der Waals surface area contributed by atoms with Crippen LogP contribution in [0.4, 0.5) is 18.9 Å². The SMILES string of the molecule is Cc1cc(=O)c(C(=O)Nc2ccc(-c3cn4c(n3)CCCC4)cc2)nn1-c1ccccc1C(F)(F)F. The van der Waals surface area contributed by atoms with Crippen molar-refractivity contribution in [3.05, 3.63) is 93.8 Å². The maximum atomic E-state index is 13.5. The van der Waals surface area contributed by atoms with Crippen molar-refractivity contribution in [1.29, 1.82) is 0 Å². The zero-order valence-corrected chi connectivity index (χ0v) is 19.3. The molecule has 0 aliphatic carbocycles. The summed E-state index contributed by atoms with van der Waals surface area (Å²) in [5.74, 6) is 0.242. The summed E-state index contributed by atoms with van der Waals surface area (Å²) in [7, 11) is 0. The Hall–Kier alpha value is -4.21. The second-order valence-electron chi connectivity index (χ2n) is 8.65. The molecule has 7 nitrogen and oxygen atoms in total. The van der Waals surface area contributed by atoms with Crippen LogP contribution in [0.25, 0.3) is 16.9 Å². The topological polar surface area (TPSA) is 81.8 Å². The average Bonchev–Trinajstić information content (AvgIpc) is 3.28. The third kappa shape index (κ3) is 4.53. The maximum absolute atomic E-state index is 13.5. The lowest BCUT2D eigenvalue weighted by Crippen LogP contribution is -2.27. The normalized spacial score (nSPS) is 13.3. The van der Waals surface area contributed by atoms with Gasteiger partial charge < -0.3 is 9.88 Å². The molecule has 0 unspecified atom stereocenters. The number of benzene rings is 2. The van der Waals surface area contributed by atoms with Crippen molar-refractivity contribution >= 4 is 11.6 Å². The number of amides is 1. The van der Waals surface area contributed by atoms with Gasteiger partial charge in [0.15, 0.2) is 5.69 Å². The average molecular weight is 493 g/mol. The molecule has 1 N–H and O–H groups in total. The molecule has 0 saturated carbocycles. The Morgan fingerprint density at radius 3 is 2.53 bits per heavy atom. The second-order valence-corrected chi connectivity index (χ2v) is 8.65. The summed E-state index contributed by atoms with van der Waals surface area (Å²) < 4.78 is 43.7. The van der Waals surface area contributed by atoms with Crippen LogP contribution < -0.4 is 10.7 Å². The van der Waals surface area contributed by atoms with E-state index in [1.807, 2.05) is 18.3 Å². The number of hydrogen-bond acceptors (Lipinski definition) is 4. The molecule has 184 valence electrons. The Morgan fingerprint density at radius 1 is 1.06 bits per heavy atom. The van der Waals surface area contributed by atoms with Crippen LogP contribution in [0.1, 0.15) is 40.4 Å². The van der Waals surface area contributed by atoms with Gasteiger partial charge in [0, 0.05) is 42.2 Å². The Morgan fingerprint density at radius 2 is 1.81 bits per heavy atom. The van der Waals surface area contributed by atoms with Gasteiger partial charge in [0.05, 0.1) is 16.9 Å². The van der Waals surface area contributed by atoms with Gasteiger partial charge in [-0.2, -0.15) is 18.3 Å². The fourth-order valence-corrected chi connectivity index (χ4v) is 4.31. The van der Waals surface area contributed by atoms with Crippen molar-refractivity contribution in [1.82, 2.24) is 19.3 Å². The number of fused-ring (bicyclic) bond motifs is 1. The van der Waals surface area contributed by atoms with E-state index in [-0.39, 0.29) is 11.4 Å². The van der Waals surface area contributed by atoms with Crippen LogP contribution >= 0.6 is 0 Å². The first-order valence-electron chi connectivity index (χ1n) is 11.5. The number of anilines is 1. The lowest BCUT2D eigenvalue weighted by molar-refractivity contribution is -0.137. The third-order valence-electron chi connectivity index (χ3n) is 6.11. The van der Waals surface area contributed by atoms with Crippen LogP contribution in [0.2, 0.25) is 0 Å². The lowest BCUT2D eigenvalue weighted by Gasteiger charge is -2.16. The largest absolute Gasteiger partial charge is 0.418 e. The van der Waals surface area contributed by atoms with Crippen molar-refractivity contribution in [2.75, 3.05) is 5.32 Å². The summed E-state index contributed by atoms with van der Waals surface area (Å²) in [6, 6.07) is 12.9. The van der Waals surface area contributed by atoms with Crippen molar-refractivity contribution in [3.63, 3.8) is 0 Å². The molecule has 0 atom stereocenters. The van der Waals surface area contributed by atoms with Crippen LogP contribution in [-0.2, 0) is 19.1 Å². The minimum atomic E-state index is -4.63. The number of imidazole rings is 1. The van der Waals surface area contributed by atoms with E-state index in [9.17, 15) is 22.8 Å². The maximum Gasteiger partial charge on any atom is 0.418 e. The standard InChI is InChI=1S/C26H22F3N5O2/c1-16-14-22(35)24(32-34(16)21-7-3-2-6-19(21)26(27,28)29)25(36)30-18-11-9-17(10-12-18)20-15-33-13-5-4-8-23(33)31-20/h2-3,6-7,9-12,14-15H,4-5,8,13H2,1H3,(H,30,36). The third-order valence-corrected chi connectivity index (χ3v) is 6.11. The summed E-state index contributed by atoms with van der Waals surface area (Å²) in [6.45, 7) is 2.40. The highest BCUT2D eigenvalue weighted by molar-refractivity contribution is 6.02. The van der Waals surface area contributed by atoms with Gasteiger partial charge in [-0.1, -0.05) is 24.3 Å². The molecule has 0 radical (unpaired) electrons. The Labute approximate surface area is 204 Å². The molecule has 1 aliphatic heterocycles. The molecular formula is C26H22F3N5O2. The molecule has 2 aromatic carbocycles. The number of aromatic nitrogens is 4. The number of nitrogens with one attached hydrogen (secondary N) is 1. The minimum Gasteiger partial charge on any atom is -0.334 e. The summed E-state index contributed by atoms with van der Waals surface area (Å²) in [5.41, 5.74) is -0.0898. The van der Waals surface area contributed by atoms with Gasteiger partial charge in [-0.25, -0.2) is 9.67 Å². The molecule has 1 amide bonds. The zero-order valence-electron chi connectivity index (χ0n) is 19.3. The van der Waals surface area contributed by atoms with Crippen molar-refractivity contribution in [3.8, 4) is 16.9 Å². The number of carbonyl (C=O) groups excluding carboxylic acids is 1. The van der Waals surface area contributed by atoms with Crippen molar-refractivity contribution in [2.24, 2.45) is 0 Å². The van der Waals surface area contributed by atoms with E-state index in [1.165, 1.54) is 25.1 Å². The van der Waals surface area contributed by atoms with Gasteiger partial charge in [-0.15, -0.1) is 0 Å². The van der Waals surface area contributed by atoms with Crippen LogP contribution in [0.15, 0.2) is 65.6 Å². The smallest absolute Gasteiger partial charge is 0.334 e. The number of carbonyl (C=O) groups is 1. The zero-order chi connectivity index (χ0) is 25.4. The minimum absolute atomic E-state index is 0.167. The number of rotatable bonds is 4. The fourth-order valence-electron chi connectivity index (χ4n) is 4.31. The molecule has 2 aromatic heterocycles. The first-order chi connectivity index (χ1) is 17.2. The van der Waals surface area contributed by atoms with Crippen molar-refractivity contribution in [2.45, 2.75) is 38.9 Å². The molecule has 0 saturated heterocycles. The highest BCUT2D eigenvalue weighted by Gasteiger charge is 2.34. The van der Waals surface area contributed by atoms with Gasteiger partial charge in [0.1, 0.15) is 5.82 Å². The molecule has 3 heterocycles. The Balaban J connectivity index is 1.41. The van der Waals surface area contributed by atoms with Gasteiger partial charge in [-0.3, -0.25) is 9.59 Å². The van der Waals surface area contributed by atoms with E-state index in [4.69, 9.17) is 0 Å². The van der Waals surface area contributed by atoms with Crippen LogP contribution in [0, 0.1) is 6.92 Å². The lowest BCUT2D eigenvalue weighted by atomic mass is 10.1. The number of nitrogens with zero attached hydrogens (tertiary/aromatic N) is 4. The molecule has 0 spiro atoms. The monoisotopic (exact) mass is 493 g/mol. The molecule has 1 aliphatic rings. The van der Waals surface area contributed by atoms with Crippen LogP contribution in [0.3, 0.4) is 0 Å². The molecular weight excluding hydrogens is 471 g/mol. The predicted molar refractivity (Wildman–Crippen MR) is 128 cm³/mol. The number of hydrogen-bond donors (Lipinski definition) is 1. The molecule has 0 fully saturated rings. The molecule has 5 rings (SSSR count). The van der Waals surface area contributed by atoms with E-state index in [1.54, 1.807) is 12.1 Å². The van der Waals surface area contributed by atoms with E-state index < -0.39 is 28.8 Å². The van der Waals surface area contributed by atoms with Gasteiger partial charge in [-0.05, 0) is 44.0 Å². The van der Waals surface area contributed by atoms with Crippen LogP contribution in [-0.4, -0.2) is 25.2 Å². The summed E-state index contributed by atoms with van der Waals surface area (Å²) in [6.07, 6.45) is 0.580. The fraction of sp³-hybridized carbons (Fsp3) is 0.231. The molecule has 0 bridgehead atoms. The van der Waals surface area contributed by atoms with Crippen molar-refractivity contribution < 1.29 is 18.0 Å². The quantitative estimate of drug-likeness (QED) is 0.433. The predicted octanol–water partition coefficient (Wildman–Crippen LogP) is 5.01. The number of para-hydroxylation sites is 1. The highest BCUT2D eigenvalue weighted by Crippen LogP contribution is 2.33. The van der Waals surface area contributed by atoms with E-state index in [0.717, 1.165) is 59.7 Å². The Bertz CT molecular complexity index is 1480. The summed E-state index contributed by atoms with van der Waals surface area (Å²) >= 11 is 0. The molecule has 36 heavy (non-hydrogen) atoms. The number of halogens is 3. The highest BCUT2D eigenvalue weighted by atomic mass is 19.4. The summed E-state index contributed by atoms with van der Waals surface area (Å²) in [4.78, 5) is 30.1. The second kappa shape index (κ2) is 9.10. The molecule has 10 heteroatoms. The van der Waals surface area contributed by atoms with Gasteiger partial charge in [0.2, 0.25) is 5.43 Å². The summed E-state index contributed by atoms with van der Waals surface area (Å²) in [5, 5.41) is 6.60.